The molecule has 2 aromatic carbocycles. The Bertz CT molecular complexity index is 1390. The van der Waals surface area contributed by atoms with E-state index in [2.05, 4.69) is 10.4 Å². The van der Waals surface area contributed by atoms with Crippen molar-refractivity contribution in [2.75, 3.05) is 13.2 Å². The molecular weight excluding hydrogens is 485 g/mol. The zero-order valence-corrected chi connectivity index (χ0v) is 19.1. The van der Waals surface area contributed by atoms with Crippen molar-refractivity contribution in [2.45, 2.75) is 36.6 Å². The van der Waals surface area contributed by atoms with Crippen LogP contribution in [0.4, 0.5) is 13.2 Å². The molecule has 2 aliphatic rings. The van der Waals surface area contributed by atoms with Gasteiger partial charge in [0.1, 0.15) is 12.4 Å². The fourth-order valence-corrected chi connectivity index (χ4v) is 5.67. The number of benzene rings is 2. The lowest BCUT2D eigenvalue weighted by Crippen LogP contribution is -2.42. The fourth-order valence-electron chi connectivity index (χ4n) is 4.22. The molecular formula is C23H21F3N4O4S. The molecule has 1 N–H and O–H groups in total. The minimum absolute atomic E-state index is 0.0154. The highest BCUT2D eigenvalue weighted by atomic mass is 32.2. The van der Waals surface area contributed by atoms with Gasteiger partial charge in [-0.3, -0.25) is 9.48 Å². The van der Waals surface area contributed by atoms with Crippen LogP contribution >= 0.6 is 0 Å². The summed E-state index contributed by atoms with van der Waals surface area (Å²) in [6.45, 7) is 0.389. The van der Waals surface area contributed by atoms with E-state index in [4.69, 9.17) is 4.74 Å². The van der Waals surface area contributed by atoms with Crippen molar-refractivity contribution in [1.29, 1.82) is 0 Å². The quantitative estimate of drug-likeness (QED) is 0.588. The van der Waals surface area contributed by atoms with E-state index < -0.39 is 32.6 Å². The molecule has 0 radical (unpaired) electrons. The average Bonchev–Trinajstić information content (AvgIpc) is 3.27. The van der Waals surface area contributed by atoms with Crippen molar-refractivity contribution in [2.24, 2.45) is 0 Å². The number of aromatic nitrogens is 2. The van der Waals surface area contributed by atoms with Gasteiger partial charge in [-0.25, -0.2) is 8.42 Å². The molecule has 5 rings (SSSR count). The number of para-hydroxylation sites is 1. The molecule has 0 saturated heterocycles. The van der Waals surface area contributed by atoms with Crippen LogP contribution in [0.2, 0.25) is 0 Å². The Labute approximate surface area is 199 Å². The van der Waals surface area contributed by atoms with E-state index in [-0.39, 0.29) is 31.4 Å². The Kier molecular flexibility index (Phi) is 5.80. The lowest BCUT2D eigenvalue weighted by molar-refractivity contribution is -0.137. The van der Waals surface area contributed by atoms with Gasteiger partial charge in [0.05, 0.1) is 35.3 Å². The predicted molar refractivity (Wildman–Crippen MR) is 118 cm³/mol. The van der Waals surface area contributed by atoms with Crippen molar-refractivity contribution in [3.05, 3.63) is 77.1 Å². The second kappa shape index (κ2) is 8.68. The van der Waals surface area contributed by atoms with Gasteiger partial charge in [-0.2, -0.15) is 22.6 Å². The van der Waals surface area contributed by atoms with E-state index in [0.717, 1.165) is 33.8 Å². The van der Waals surface area contributed by atoms with Crippen molar-refractivity contribution in [3.8, 4) is 5.75 Å². The van der Waals surface area contributed by atoms with Crippen LogP contribution in [0, 0.1) is 0 Å². The van der Waals surface area contributed by atoms with E-state index in [1.54, 1.807) is 4.68 Å². The number of nitrogens with zero attached hydrogens (tertiary/aromatic N) is 3. The number of rotatable bonds is 4. The summed E-state index contributed by atoms with van der Waals surface area (Å²) in [5.41, 5.74) is 0.567. The van der Waals surface area contributed by atoms with Crippen LogP contribution in [-0.4, -0.2) is 47.6 Å². The van der Waals surface area contributed by atoms with Crippen LogP contribution < -0.4 is 10.1 Å². The molecule has 0 aliphatic carbocycles. The second-order valence-corrected chi connectivity index (χ2v) is 10.3. The summed E-state index contributed by atoms with van der Waals surface area (Å²) in [5.74, 6) is 0.379. The van der Waals surface area contributed by atoms with Gasteiger partial charge >= 0.3 is 6.18 Å². The molecule has 0 saturated carbocycles. The first-order valence-electron chi connectivity index (χ1n) is 10.9. The van der Waals surface area contributed by atoms with Crippen molar-refractivity contribution in [1.82, 2.24) is 19.4 Å². The third kappa shape index (κ3) is 4.63. The van der Waals surface area contributed by atoms with Gasteiger partial charge in [-0.1, -0.05) is 24.3 Å². The second-order valence-electron chi connectivity index (χ2n) is 8.40. The standard InChI is InChI=1S/C23H21F3N4O4S/c24-23(25,26)16-5-3-6-19(11-16)35(32,33)29-8-9-30-18(13-29)12-20(28-30)22(31)27-17-10-15-4-1-2-7-21(15)34-14-17/h1-7,11-12,17H,8-10,13-14H2,(H,27,31)/t17-/m1/s1. The number of alkyl halides is 3. The van der Waals surface area contributed by atoms with Crippen LogP contribution in [-0.2, 0) is 35.7 Å². The summed E-state index contributed by atoms with van der Waals surface area (Å²) in [4.78, 5) is 12.4. The first kappa shape index (κ1) is 23.4. The van der Waals surface area contributed by atoms with E-state index >= 15 is 0 Å². The van der Waals surface area contributed by atoms with Gasteiger partial charge < -0.3 is 10.1 Å². The highest BCUT2D eigenvalue weighted by Crippen LogP contribution is 2.32. The summed E-state index contributed by atoms with van der Waals surface area (Å²) >= 11 is 0. The Hall–Kier alpha value is -3.38. The SMILES string of the molecule is O=C(N[C@H]1COc2ccccc2C1)c1cc2n(n1)CCN(S(=O)(=O)c1cccc(C(F)(F)F)c1)C2. The topological polar surface area (TPSA) is 93.5 Å². The summed E-state index contributed by atoms with van der Waals surface area (Å²) in [7, 11) is -4.17. The average molecular weight is 507 g/mol. The normalized spacial score (nSPS) is 18.3. The lowest BCUT2D eigenvalue weighted by Gasteiger charge is -2.27. The van der Waals surface area contributed by atoms with Crippen LogP contribution in [0.3, 0.4) is 0 Å². The van der Waals surface area contributed by atoms with E-state index in [9.17, 15) is 26.4 Å². The van der Waals surface area contributed by atoms with Crippen molar-refractivity contribution >= 4 is 15.9 Å². The maximum absolute atomic E-state index is 13.0. The maximum Gasteiger partial charge on any atom is 0.416 e. The third-order valence-corrected chi connectivity index (χ3v) is 7.85. The summed E-state index contributed by atoms with van der Waals surface area (Å²) in [5, 5.41) is 7.18. The number of halogens is 3. The molecule has 1 aromatic heterocycles. The molecule has 184 valence electrons. The molecule has 8 nitrogen and oxygen atoms in total. The number of amides is 1. The third-order valence-electron chi connectivity index (χ3n) is 6.01. The highest BCUT2D eigenvalue weighted by molar-refractivity contribution is 7.89. The van der Waals surface area contributed by atoms with Crippen molar-refractivity contribution < 1.29 is 31.1 Å². The Balaban J connectivity index is 1.29. The number of carbonyl (C=O) groups is 1. The monoisotopic (exact) mass is 506 g/mol. The zero-order chi connectivity index (χ0) is 24.8. The minimum atomic E-state index is -4.65. The van der Waals surface area contributed by atoms with Crippen molar-refractivity contribution in [3.63, 3.8) is 0 Å². The minimum Gasteiger partial charge on any atom is -0.491 e. The predicted octanol–water partition coefficient (Wildman–Crippen LogP) is 2.84. The molecule has 35 heavy (non-hydrogen) atoms. The van der Waals surface area contributed by atoms with Gasteiger partial charge in [0.25, 0.3) is 5.91 Å². The number of hydrogen-bond donors (Lipinski definition) is 1. The van der Waals surface area contributed by atoms with Crippen LogP contribution in [0.1, 0.15) is 27.3 Å². The van der Waals surface area contributed by atoms with Crippen LogP contribution in [0.25, 0.3) is 0 Å². The molecule has 1 amide bonds. The first-order valence-corrected chi connectivity index (χ1v) is 12.3. The molecule has 0 fully saturated rings. The van der Waals surface area contributed by atoms with E-state index in [1.165, 1.54) is 6.07 Å². The Morgan fingerprint density at radius 1 is 1.09 bits per heavy atom. The number of sulfonamides is 1. The summed E-state index contributed by atoms with van der Waals surface area (Å²) in [6, 6.07) is 12.5. The molecule has 3 heterocycles. The number of carbonyl (C=O) groups excluding carboxylic acids is 1. The van der Waals surface area contributed by atoms with Crippen LogP contribution in [0.15, 0.2) is 59.5 Å². The number of hydrogen-bond acceptors (Lipinski definition) is 5. The maximum atomic E-state index is 13.0. The van der Waals surface area contributed by atoms with Gasteiger partial charge in [0.15, 0.2) is 5.69 Å². The van der Waals surface area contributed by atoms with E-state index in [1.807, 2.05) is 24.3 Å². The lowest BCUT2D eigenvalue weighted by atomic mass is 10.0. The number of nitrogens with one attached hydrogen (secondary N) is 1. The zero-order valence-electron chi connectivity index (χ0n) is 18.3. The summed E-state index contributed by atoms with van der Waals surface area (Å²) < 4.78 is 73.5. The molecule has 1 atom stereocenters. The molecule has 2 aliphatic heterocycles. The fraction of sp³-hybridized carbons (Fsp3) is 0.304. The molecule has 3 aromatic rings. The van der Waals surface area contributed by atoms with Gasteiger partial charge in [0, 0.05) is 6.54 Å². The smallest absolute Gasteiger partial charge is 0.416 e. The van der Waals surface area contributed by atoms with E-state index in [0.29, 0.717) is 24.8 Å². The Morgan fingerprint density at radius 2 is 1.89 bits per heavy atom. The highest BCUT2D eigenvalue weighted by Gasteiger charge is 2.34. The van der Waals surface area contributed by atoms with Crippen LogP contribution in [0.5, 0.6) is 5.75 Å². The first-order chi connectivity index (χ1) is 16.6. The van der Waals surface area contributed by atoms with Gasteiger partial charge in [-0.05, 0) is 42.3 Å². The summed E-state index contributed by atoms with van der Waals surface area (Å²) in [6.07, 6.45) is -4.04. The van der Waals surface area contributed by atoms with Gasteiger partial charge in [-0.15, -0.1) is 0 Å². The molecule has 0 bridgehead atoms. The number of ether oxygens (including phenoxy) is 1. The molecule has 0 unspecified atom stereocenters. The largest absolute Gasteiger partial charge is 0.491 e. The molecule has 0 spiro atoms. The number of fused-ring (bicyclic) bond motifs is 2. The molecule has 12 heteroatoms. The van der Waals surface area contributed by atoms with Gasteiger partial charge in [0.2, 0.25) is 10.0 Å². The Morgan fingerprint density at radius 3 is 2.69 bits per heavy atom.